The zero-order valence-corrected chi connectivity index (χ0v) is 11.8. The molecule has 0 amide bonds. The number of piperidine rings is 1. The molecule has 19 heavy (non-hydrogen) atoms. The molecule has 0 radical (unpaired) electrons. The average Bonchev–Trinajstić information content (AvgIpc) is 2.38. The highest BCUT2D eigenvalue weighted by molar-refractivity contribution is 6.32. The minimum atomic E-state index is 0.671. The van der Waals surface area contributed by atoms with Gasteiger partial charge in [0.1, 0.15) is 5.82 Å². The van der Waals surface area contributed by atoms with Crippen molar-refractivity contribution in [3.8, 4) is 0 Å². The van der Waals surface area contributed by atoms with Gasteiger partial charge in [0, 0.05) is 40.8 Å². The zero-order chi connectivity index (χ0) is 13.4. The predicted molar refractivity (Wildman–Crippen MR) is 81.8 cm³/mol. The first-order chi connectivity index (χ1) is 9.15. The van der Waals surface area contributed by atoms with Crippen molar-refractivity contribution >= 4 is 33.9 Å². The highest BCUT2D eigenvalue weighted by atomic mass is 35.5. The number of fused-ring (bicyclic) bond motifs is 1. The van der Waals surface area contributed by atoms with Crippen LogP contribution in [0.5, 0.6) is 0 Å². The fraction of sp³-hybridized carbons (Fsp3) is 0.400. The van der Waals surface area contributed by atoms with Crippen molar-refractivity contribution in [2.24, 2.45) is 5.92 Å². The topological polar surface area (TPSA) is 42.2 Å². The fourth-order valence-electron chi connectivity index (χ4n) is 2.90. The molecule has 1 aliphatic rings. The van der Waals surface area contributed by atoms with Gasteiger partial charge in [-0.25, -0.2) is 4.98 Å². The molecule has 1 aromatic heterocycles. The number of benzene rings is 1. The highest BCUT2D eigenvalue weighted by Gasteiger charge is 2.19. The standard InChI is InChI=1S/C15H18ClN3/c1-10-3-2-6-19(9-10)15-13-7-11(16)8-14(17)12(13)4-5-18-15/h4-5,7-8,10H,2-3,6,9,17H2,1H3. The van der Waals surface area contributed by atoms with Crippen LogP contribution in [0.15, 0.2) is 24.4 Å². The Labute approximate surface area is 118 Å². The Morgan fingerprint density at radius 1 is 1.37 bits per heavy atom. The summed E-state index contributed by atoms with van der Waals surface area (Å²) in [6.45, 7) is 4.40. The second-order valence-electron chi connectivity index (χ2n) is 5.42. The van der Waals surface area contributed by atoms with Gasteiger partial charge in [-0.3, -0.25) is 0 Å². The highest BCUT2D eigenvalue weighted by Crippen LogP contribution is 2.33. The summed E-state index contributed by atoms with van der Waals surface area (Å²) >= 11 is 6.14. The van der Waals surface area contributed by atoms with E-state index in [0.29, 0.717) is 10.9 Å². The maximum Gasteiger partial charge on any atom is 0.136 e. The third kappa shape index (κ3) is 2.35. The van der Waals surface area contributed by atoms with E-state index < -0.39 is 0 Å². The summed E-state index contributed by atoms with van der Waals surface area (Å²) in [4.78, 5) is 6.91. The number of rotatable bonds is 1. The van der Waals surface area contributed by atoms with E-state index in [2.05, 4.69) is 16.8 Å². The van der Waals surface area contributed by atoms with Crippen LogP contribution in [0.1, 0.15) is 19.8 Å². The lowest BCUT2D eigenvalue weighted by Gasteiger charge is -2.32. The molecule has 3 rings (SSSR count). The van der Waals surface area contributed by atoms with Gasteiger partial charge in [0.2, 0.25) is 0 Å². The molecule has 1 aromatic carbocycles. The molecule has 1 unspecified atom stereocenters. The van der Waals surface area contributed by atoms with Crippen molar-refractivity contribution in [2.45, 2.75) is 19.8 Å². The average molecular weight is 276 g/mol. The van der Waals surface area contributed by atoms with Crippen molar-refractivity contribution in [3.63, 3.8) is 0 Å². The number of hydrogen-bond acceptors (Lipinski definition) is 3. The Morgan fingerprint density at radius 3 is 3.00 bits per heavy atom. The summed E-state index contributed by atoms with van der Waals surface area (Å²) in [7, 11) is 0. The molecule has 0 saturated carbocycles. The maximum atomic E-state index is 6.14. The van der Waals surface area contributed by atoms with Crippen LogP contribution >= 0.6 is 11.6 Å². The zero-order valence-electron chi connectivity index (χ0n) is 11.1. The van der Waals surface area contributed by atoms with Gasteiger partial charge in [0.15, 0.2) is 0 Å². The lowest BCUT2D eigenvalue weighted by Crippen LogP contribution is -2.34. The first-order valence-electron chi connectivity index (χ1n) is 6.74. The Hall–Kier alpha value is -1.48. The molecular formula is C15H18ClN3. The van der Waals surface area contributed by atoms with E-state index in [-0.39, 0.29) is 0 Å². The lowest BCUT2D eigenvalue weighted by atomic mass is 9.99. The van der Waals surface area contributed by atoms with E-state index in [9.17, 15) is 0 Å². The van der Waals surface area contributed by atoms with E-state index >= 15 is 0 Å². The number of nitrogen functional groups attached to an aromatic ring is 1. The third-order valence-corrected chi connectivity index (χ3v) is 4.03. The van der Waals surface area contributed by atoms with Crippen LogP contribution in [0.2, 0.25) is 5.02 Å². The van der Waals surface area contributed by atoms with Gasteiger partial charge in [0.05, 0.1) is 0 Å². The number of halogens is 1. The van der Waals surface area contributed by atoms with Gasteiger partial charge >= 0.3 is 0 Å². The molecule has 1 aliphatic heterocycles. The normalized spacial score (nSPS) is 19.9. The van der Waals surface area contributed by atoms with Crippen LogP contribution < -0.4 is 10.6 Å². The van der Waals surface area contributed by atoms with E-state index in [4.69, 9.17) is 17.3 Å². The largest absolute Gasteiger partial charge is 0.398 e. The van der Waals surface area contributed by atoms with Crippen molar-refractivity contribution in [3.05, 3.63) is 29.4 Å². The third-order valence-electron chi connectivity index (χ3n) is 3.81. The second kappa shape index (κ2) is 4.89. The Morgan fingerprint density at radius 2 is 2.21 bits per heavy atom. The summed E-state index contributed by atoms with van der Waals surface area (Å²) in [5.74, 6) is 1.72. The smallest absolute Gasteiger partial charge is 0.136 e. The molecule has 100 valence electrons. The van der Waals surface area contributed by atoms with Gasteiger partial charge in [-0.05, 0) is 37.0 Å². The SMILES string of the molecule is CC1CCCN(c2nccc3c(N)cc(Cl)cc23)C1. The Kier molecular flexibility index (Phi) is 3.23. The van der Waals surface area contributed by atoms with Crippen molar-refractivity contribution in [1.82, 2.24) is 4.98 Å². The first-order valence-corrected chi connectivity index (χ1v) is 7.11. The van der Waals surface area contributed by atoms with Crippen LogP contribution in [-0.4, -0.2) is 18.1 Å². The van der Waals surface area contributed by atoms with Crippen molar-refractivity contribution < 1.29 is 0 Å². The first kappa shape index (κ1) is 12.5. The molecule has 1 saturated heterocycles. The van der Waals surface area contributed by atoms with Crippen LogP contribution in [-0.2, 0) is 0 Å². The minimum Gasteiger partial charge on any atom is -0.398 e. The molecule has 3 nitrogen and oxygen atoms in total. The van der Waals surface area contributed by atoms with Gasteiger partial charge in [-0.2, -0.15) is 0 Å². The second-order valence-corrected chi connectivity index (χ2v) is 5.85. The number of nitrogens with zero attached hydrogens (tertiary/aromatic N) is 2. The van der Waals surface area contributed by atoms with Gasteiger partial charge in [-0.15, -0.1) is 0 Å². The summed E-state index contributed by atoms with van der Waals surface area (Å²) in [5.41, 5.74) is 6.77. The van der Waals surface area contributed by atoms with Crippen molar-refractivity contribution in [1.29, 1.82) is 0 Å². The number of aromatic nitrogens is 1. The molecule has 2 heterocycles. The quantitative estimate of drug-likeness (QED) is 0.807. The number of pyridine rings is 1. The van der Waals surface area contributed by atoms with Crippen LogP contribution in [0.4, 0.5) is 11.5 Å². The fourth-order valence-corrected chi connectivity index (χ4v) is 3.12. The summed E-state index contributed by atoms with van der Waals surface area (Å²) in [6, 6.07) is 5.72. The predicted octanol–water partition coefficient (Wildman–Crippen LogP) is 3.71. The number of nitrogens with two attached hydrogens (primary N) is 1. The molecular weight excluding hydrogens is 258 g/mol. The molecule has 0 spiro atoms. The molecule has 0 aliphatic carbocycles. The summed E-state index contributed by atoms with van der Waals surface area (Å²) in [5, 5.41) is 2.76. The van der Waals surface area contributed by atoms with Crippen molar-refractivity contribution in [2.75, 3.05) is 23.7 Å². The van der Waals surface area contributed by atoms with Gasteiger partial charge in [0.25, 0.3) is 0 Å². The monoisotopic (exact) mass is 275 g/mol. The van der Waals surface area contributed by atoms with Gasteiger partial charge < -0.3 is 10.6 Å². The van der Waals surface area contributed by atoms with E-state index in [1.165, 1.54) is 12.8 Å². The lowest BCUT2D eigenvalue weighted by molar-refractivity contribution is 0.445. The van der Waals surface area contributed by atoms with E-state index in [1.807, 2.05) is 18.3 Å². The maximum absolute atomic E-state index is 6.14. The molecule has 2 N–H and O–H groups in total. The van der Waals surface area contributed by atoms with Gasteiger partial charge in [-0.1, -0.05) is 18.5 Å². The number of anilines is 2. The Bertz CT molecular complexity index is 612. The molecule has 0 bridgehead atoms. The van der Waals surface area contributed by atoms with Crippen LogP contribution in [0.3, 0.4) is 0 Å². The van der Waals surface area contributed by atoms with E-state index in [0.717, 1.165) is 35.4 Å². The number of hydrogen-bond donors (Lipinski definition) is 1. The molecule has 4 heteroatoms. The molecule has 1 atom stereocenters. The Balaban J connectivity index is 2.13. The summed E-state index contributed by atoms with van der Waals surface area (Å²) in [6.07, 6.45) is 4.35. The summed E-state index contributed by atoms with van der Waals surface area (Å²) < 4.78 is 0. The van der Waals surface area contributed by atoms with E-state index in [1.54, 1.807) is 6.07 Å². The van der Waals surface area contributed by atoms with Crippen LogP contribution in [0, 0.1) is 5.92 Å². The minimum absolute atomic E-state index is 0.671. The molecule has 2 aromatic rings. The van der Waals surface area contributed by atoms with Crippen LogP contribution in [0.25, 0.3) is 10.8 Å². The molecule has 1 fully saturated rings.